The lowest BCUT2D eigenvalue weighted by atomic mass is 9.99. The first-order valence-electron chi connectivity index (χ1n) is 8.18. The highest BCUT2D eigenvalue weighted by Gasteiger charge is 2.16. The Hall–Kier alpha value is -2.29. The number of carbonyl (C=O) groups excluding carboxylic acids is 1. The Balaban J connectivity index is 2.27. The molecule has 2 aromatic rings. The van der Waals surface area contributed by atoms with Gasteiger partial charge in [-0.25, -0.2) is 4.79 Å². The van der Waals surface area contributed by atoms with E-state index in [0.29, 0.717) is 11.5 Å². The van der Waals surface area contributed by atoms with E-state index in [4.69, 9.17) is 9.47 Å². The molecule has 3 nitrogen and oxygen atoms in total. The molecule has 3 heteroatoms. The topological polar surface area (TPSA) is 35.5 Å². The van der Waals surface area contributed by atoms with Gasteiger partial charge in [0.15, 0.2) is 0 Å². The molecule has 0 aliphatic carbocycles. The zero-order valence-corrected chi connectivity index (χ0v) is 15.9. The van der Waals surface area contributed by atoms with Gasteiger partial charge in [-0.3, -0.25) is 0 Å². The zero-order chi connectivity index (χ0) is 18.2. The first-order chi connectivity index (χ1) is 11.1. The largest absolute Gasteiger partial charge is 0.519 e. The minimum atomic E-state index is -0.702. The summed E-state index contributed by atoms with van der Waals surface area (Å²) in [5.41, 5.74) is 8.82. The van der Waals surface area contributed by atoms with Crippen LogP contribution in [0.3, 0.4) is 0 Å². The van der Waals surface area contributed by atoms with Gasteiger partial charge in [-0.05, 0) is 112 Å². The van der Waals surface area contributed by atoms with Gasteiger partial charge < -0.3 is 9.47 Å². The summed E-state index contributed by atoms with van der Waals surface area (Å²) in [7, 11) is 0. The highest BCUT2D eigenvalue weighted by molar-refractivity contribution is 5.69. The summed E-state index contributed by atoms with van der Waals surface area (Å²) in [5, 5.41) is 0. The molecule has 0 unspecified atom stereocenters. The monoisotopic (exact) mass is 326 g/mol. The van der Waals surface area contributed by atoms with Gasteiger partial charge in [0.05, 0.1) is 0 Å². The number of hydrogen-bond acceptors (Lipinski definition) is 3. The summed E-state index contributed by atoms with van der Waals surface area (Å²) < 4.78 is 10.9. The van der Waals surface area contributed by atoms with Gasteiger partial charge in [0, 0.05) is 0 Å². The van der Waals surface area contributed by atoms with E-state index in [1.54, 1.807) is 0 Å². The van der Waals surface area contributed by atoms with Crippen LogP contribution in [-0.4, -0.2) is 6.16 Å². The fourth-order valence-corrected chi connectivity index (χ4v) is 2.76. The summed E-state index contributed by atoms with van der Waals surface area (Å²) in [6, 6.07) is 3.77. The third-order valence-corrected chi connectivity index (χ3v) is 5.25. The number of rotatable bonds is 2. The van der Waals surface area contributed by atoms with Crippen molar-refractivity contribution in [2.45, 2.75) is 55.4 Å². The Morgan fingerprint density at radius 1 is 0.583 bits per heavy atom. The lowest BCUT2D eigenvalue weighted by Crippen LogP contribution is -2.16. The van der Waals surface area contributed by atoms with Crippen LogP contribution < -0.4 is 9.47 Å². The predicted octanol–water partition coefficient (Wildman–Crippen LogP) is 5.73. The second kappa shape index (κ2) is 6.68. The third kappa shape index (κ3) is 3.30. The Kier molecular flexibility index (Phi) is 5.02. The zero-order valence-electron chi connectivity index (χ0n) is 15.9. The highest BCUT2D eigenvalue weighted by Crippen LogP contribution is 2.29. The Bertz CT molecular complexity index is 749. The van der Waals surface area contributed by atoms with Crippen LogP contribution in [0.5, 0.6) is 11.5 Å². The summed E-state index contributed by atoms with van der Waals surface area (Å²) >= 11 is 0. The van der Waals surface area contributed by atoms with E-state index in [9.17, 15) is 4.79 Å². The van der Waals surface area contributed by atoms with Crippen LogP contribution in [0.25, 0.3) is 0 Å². The van der Waals surface area contributed by atoms with Crippen LogP contribution in [-0.2, 0) is 0 Å². The van der Waals surface area contributed by atoms with E-state index < -0.39 is 6.16 Å². The average Bonchev–Trinajstić information content (AvgIpc) is 2.53. The quantitative estimate of drug-likeness (QED) is 0.522. The molecule has 0 radical (unpaired) electrons. The van der Waals surface area contributed by atoms with Crippen molar-refractivity contribution in [3.05, 3.63) is 56.6 Å². The summed E-state index contributed by atoms with van der Waals surface area (Å²) in [4.78, 5) is 12.3. The molecule has 0 saturated carbocycles. The van der Waals surface area contributed by atoms with Crippen molar-refractivity contribution in [1.82, 2.24) is 0 Å². The summed E-state index contributed by atoms with van der Waals surface area (Å²) in [6.45, 7) is 16.1. The summed E-state index contributed by atoms with van der Waals surface area (Å²) in [5.74, 6) is 1.11. The van der Waals surface area contributed by atoms with Crippen LogP contribution in [0.1, 0.15) is 44.5 Å². The third-order valence-electron chi connectivity index (χ3n) is 5.25. The minimum absolute atomic E-state index is 0.554. The number of ether oxygens (including phenoxy) is 2. The van der Waals surface area contributed by atoms with Crippen LogP contribution in [0, 0.1) is 55.4 Å². The first kappa shape index (κ1) is 18.1. The molecule has 2 rings (SSSR count). The highest BCUT2D eigenvalue weighted by atomic mass is 16.7. The smallest absolute Gasteiger partial charge is 0.394 e. The molecular weight excluding hydrogens is 300 g/mol. The van der Waals surface area contributed by atoms with Gasteiger partial charge in [-0.2, -0.15) is 0 Å². The van der Waals surface area contributed by atoms with E-state index in [1.165, 1.54) is 11.1 Å². The fraction of sp³-hybridized carbons (Fsp3) is 0.381. The van der Waals surface area contributed by atoms with Crippen LogP contribution >= 0.6 is 0 Å². The number of benzene rings is 2. The maximum atomic E-state index is 12.3. The molecule has 0 aromatic heterocycles. The van der Waals surface area contributed by atoms with Crippen LogP contribution in [0.2, 0.25) is 0 Å². The molecule has 24 heavy (non-hydrogen) atoms. The SMILES string of the molecule is Cc1cc(OC(=O)Oc2cc(C)c(C)c(C)c2C)c(C)c(C)c1C. The van der Waals surface area contributed by atoms with Crippen molar-refractivity contribution < 1.29 is 14.3 Å². The lowest BCUT2D eigenvalue weighted by molar-refractivity contribution is 0.151. The second-order valence-corrected chi connectivity index (χ2v) is 6.59. The van der Waals surface area contributed by atoms with Gasteiger partial charge in [-0.15, -0.1) is 0 Å². The molecule has 0 fully saturated rings. The second-order valence-electron chi connectivity index (χ2n) is 6.59. The van der Waals surface area contributed by atoms with Gasteiger partial charge in [-0.1, -0.05) is 0 Å². The van der Waals surface area contributed by atoms with Crippen molar-refractivity contribution in [3.8, 4) is 11.5 Å². The number of carbonyl (C=O) groups is 1. The van der Waals surface area contributed by atoms with Gasteiger partial charge in [0.2, 0.25) is 0 Å². The van der Waals surface area contributed by atoms with E-state index in [1.807, 2.05) is 53.7 Å². The number of hydrogen-bond donors (Lipinski definition) is 0. The van der Waals surface area contributed by atoms with Crippen molar-refractivity contribution in [1.29, 1.82) is 0 Å². The fourth-order valence-electron chi connectivity index (χ4n) is 2.76. The Labute approximate surface area is 144 Å². The molecule has 0 N–H and O–H groups in total. The maximum Gasteiger partial charge on any atom is 0.519 e. The van der Waals surface area contributed by atoms with Crippen molar-refractivity contribution in [2.75, 3.05) is 0 Å². The van der Waals surface area contributed by atoms with Crippen molar-refractivity contribution >= 4 is 6.16 Å². The molecule has 0 aliphatic heterocycles. The maximum absolute atomic E-state index is 12.3. The van der Waals surface area contributed by atoms with Crippen LogP contribution in [0.15, 0.2) is 12.1 Å². The van der Waals surface area contributed by atoms with Gasteiger partial charge >= 0.3 is 6.16 Å². The lowest BCUT2D eigenvalue weighted by Gasteiger charge is -2.16. The average molecular weight is 326 g/mol. The molecule has 0 saturated heterocycles. The molecule has 0 spiro atoms. The normalized spacial score (nSPS) is 10.7. The molecule has 0 aliphatic rings. The molecule has 2 aromatic carbocycles. The molecule has 0 heterocycles. The van der Waals surface area contributed by atoms with Gasteiger partial charge in [0.1, 0.15) is 11.5 Å². The molecule has 0 bridgehead atoms. The van der Waals surface area contributed by atoms with E-state index in [-0.39, 0.29) is 0 Å². The van der Waals surface area contributed by atoms with Crippen LogP contribution in [0.4, 0.5) is 4.79 Å². The number of aryl methyl sites for hydroxylation is 2. The van der Waals surface area contributed by atoms with Gasteiger partial charge in [0.25, 0.3) is 0 Å². The first-order valence-corrected chi connectivity index (χ1v) is 8.18. The minimum Gasteiger partial charge on any atom is -0.394 e. The van der Waals surface area contributed by atoms with E-state index >= 15 is 0 Å². The standard InChI is InChI=1S/C21H26O3/c1-11-9-19(17(7)15(5)13(11)3)23-21(22)24-20-10-12(2)14(4)16(6)18(20)8/h9-10H,1-8H3. The Morgan fingerprint density at radius 3 is 1.25 bits per heavy atom. The molecule has 0 atom stereocenters. The summed E-state index contributed by atoms with van der Waals surface area (Å²) in [6.07, 6.45) is -0.702. The van der Waals surface area contributed by atoms with Crippen molar-refractivity contribution in [2.24, 2.45) is 0 Å². The van der Waals surface area contributed by atoms with E-state index in [0.717, 1.165) is 33.4 Å². The van der Waals surface area contributed by atoms with Crippen molar-refractivity contribution in [3.63, 3.8) is 0 Å². The predicted molar refractivity (Wildman–Crippen MR) is 97.4 cm³/mol. The molecular formula is C21H26O3. The Morgan fingerprint density at radius 2 is 0.917 bits per heavy atom. The molecule has 0 amide bonds. The molecule has 128 valence electrons. The van der Waals surface area contributed by atoms with E-state index in [2.05, 4.69) is 13.8 Å².